The Morgan fingerprint density at radius 3 is 1.59 bits per heavy atom. The van der Waals surface area contributed by atoms with Crippen LogP contribution in [0.2, 0.25) is 0 Å². The van der Waals surface area contributed by atoms with E-state index < -0.39 is 0 Å². The van der Waals surface area contributed by atoms with E-state index in [2.05, 4.69) is 20.6 Å². The van der Waals surface area contributed by atoms with E-state index in [9.17, 15) is 9.59 Å². The first-order chi connectivity index (χ1) is 14.2. The van der Waals surface area contributed by atoms with Crippen molar-refractivity contribution < 1.29 is 9.59 Å². The number of benzene rings is 2. The molecular weight excluding hydrogens is 364 g/mol. The maximum atomic E-state index is 12.5. The third-order valence-electron chi connectivity index (χ3n) is 4.75. The van der Waals surface area contributed by atoms with Gasteiger partial charge in [0.15, 0.2) is 0 Å². The molecular formula is C23H20N4O2. The van der Waals surface area contributed by atoms with Crippen LogP contribution in [0.5, 0.6) is 0 Å². The number of nitrogens with one attached hydrogen (secondary N) is 2. The summed E-state index contributed by atoms with van der Waals surface area (Å²) in [6, 6.07) is 15.3. The Morgan fingerprint density at radius 1 is 0.655 bits per heavy atom. The smallest absolute Gasteiger partial charge is 0.253 e. The number of hydrogen-bond donors (Lipinski definition) is 2. The molecule has 2 N–H and O–H groups in total. The van der Waals surface area contributed by atoms with E-state index in [0.29, 0.717) is 30.6 Å². The van der Waals surface area contributed by atoms with E-state index in [1.54, 1.807) is 24.8 Å². The van der Waals surface area contributed by atoms with E-state index >= 15 is 0 Å². The maximum absolute atomic E-state index is 12.5. The molecule has 2 aromatic carbocycles. The average molecular weight is 384 g/mol. The molecule has 4 aromatic rings. The van der Waals surface area contributed by atoms with Crippen LogP contribution in [0.15, 0.2) is 73.3 Å². The minimum Gasteiger partial charge on any atom is -0.352 e. The van der Waals surface area contributed by atoms with E-state index in [-0.39, 0.29) is 11.8 Å². The summed E-state index contributed by atoms with van der Waals surface area (Å²) in [6.07, 6.45) is 7.25. The Hall–Kier alpha value is -3.80. The monoisotopic (exact) mass is 384 g/mol. The van der Waals surface area contributed by atoms with Gasteiger partial charge >= 0.3 is 0 Å². The van der Waals surface area contributed by atoms with Crippen LogP contribution in [-0.4, -0.2) is 34.9 Å². The average Bonchev–Trinajstić information content (AvgIpc) is 2.77. The molecule has 0 aliphatic carbocycles. The molecule has 6 heteroatoms. The number of pyridine rings is 2. The van der Waals surface area contributed by atoms with Crippen molar-refractivity contribution in [3.63, 3.8) is 0 Å². The second-order valence-electron chi connectivity index (χ2n) is 6.68. The van der Waals surface area contributed by atoms with Gasteiger partial charge in [-0.15, -0.1) is 0 Å². The van der Waals surface area contributed by atoms with Gasteiger partial charge in [0, 0.05) is 48.6 Å². The van der Waals surface area contributed by atoms with Crippen LogP contribution in [0, 0.1) is 0 Å². The van der Waals surface area contributed by atoms with Gasteiger partial charge in [-0.1, -0.05) is 48.5 Å². The fraction of sp³-hybridized carbons (Fsp3) is 0.130. The Labute approximate surface area is 168 Å². The molecule has 0 fully saturated rings. The predicted octanol–water partition coefficient (Wildman–Crippen LogP) is 3.33. The highest BCUT2D eigenvalue weighted by Gasteiger charge is 2.11. The van der Waals surface area contributed by atoms with Crippen molar-refractivity contribution in [1.29, 1.82) is 0 Å². The standard InChI is InChI=1S/C23H20N4O2/c28-22(20-14-24-12-16-6-1-3-8-18(16)20)26-10-5-11-27-23(29)21-15-25-13-17-7-2-4-9-19(17)21/h1-4,6-9,12-15H,5,10-11H2,(H,26,28)(H,27,29). The van der Waals surface area contributed by atoms with Gasteiger partial charge < -0.3 is 10.6 Å². The van der Waals surface area contributed by atoms with Crippen molar-refractivity contribution in [3.05, 3.63) is 84.4 Å². The van der Waals surface area contributed by atoms with E-state index in [1.807, 2.05) is 48.5 Å². The SMILES string of the molecule is O=C(NCCCNC(=O)c1cncc2ccccc12)c1cncc2ccccc12. The van der Waals surface area contributed by atoms with Gasteiger partial charge in [0.05, 0.1) is 11.1 Å². The quantitative estimate of drug-likeness (QED) is 0.500. The molecule has 6 nitrogen and oxygen atoms in total. The lowest BCUT2D eigenvalue weighted by atomic mass is 10.1. The highest BCUT2D eigenvalue weighted by Crippen LogP contribution is 2.17. The Kier molecular flexibility index (Phi) is 5.42. The van der Waals surface area contributed by atoms with Crippen LogP contribution in [0.4, 0.5) is 0 Å². The third kappa shape index (κ3) is 4.06. The lowest BCUT2D eigenvalue weighted by Gasteiger charge is -2.09. The summed E-state index contributed by atoms with van der Waals surface area (Å²) in [6.45, 7) is 0.909. The zero-order valence-electron chi connectivity index (χ0n) is 15.8. The summed E-state index contributed by atoms with van der Waals surface area (Å²) in [7, 11) is 0. The Balaban J connectivity index is 1.30. The van der Waals surface area contributed by atoms with Crippen molar-refractivity contribution in [1.82, 2.24) is 20.6 Å². The van der Waals surface area contributed by atoms with Gasteiger partial charge in [0.2, 0.25) is 0 Å². The maximum Gasteiger partial charge on any atom is 0.253 e. The molecule has 0 atom stereocenters. The fourth-order valence-electron chi connectivity index (χ4n) is 3.28. The van der Waals surface area contributed by atoms with Crippen molar-refractivity contribution in [2.75, 3.05) is 13.1 Å². The number of aromatic nitrogens is 2. The summed E-state index contributed by atoms with van der Waals surface area (Å²) >= 11 is 0. The molecule has 0 aliphatic rings. The second-order valence-corrected chi connectivity index (χ2v) is 6.68. The van der Waals surface area contributed by atoms with Crippen molar-refractivity contribution in [2.45, 2.75) is 6.42 Å². The molecule has 0 spiro atoms. The molecule has 144 valence electrons. The van der Waals surface area contributed by atoms with Crippen molar-refractivity contribution >= 4 is 33.4 Å². The highest BCUT2D eigenvalue weighted by atomic mass is 16.2. The summed E-state index contributed by atoms with van der Waals surface area (Å²) in [5, 5.41) is 9.38. The second kappa shape index (κ2) is 8.48. The lowest BCUT2D eigenvalue weighted by Crippen LogP contribution is -2.30. The molecule has 0 unspecified atom stereocenters. The predicted molar refractivity (Wildman–Crippen MR) is 113 cm³/mol. The highest BCUT2D eigenvalue weighted by molar-refractivity contribution is 6.07. The summed E-state index contributed by atoms with van der Waals surface area (Å²) in [4.78, 5) is 33.2. The van der Waals surface area contributed by atoms with Gasteiger partial charge in [-0.2, -0.15) is 0 Å². The minimum absolute atomic E-state index is 0.168. The van der Waals surface area contributed by atoms with Crippen molar-refractivity contribution in [3.8, 4) is 0 Å². The number of hydrogen-bond acceptors (Lipinski definition) is 4. The van der Waals surface area contributed by atoms with Crippen LogP contribution >= 0.6 is 0 Å². The van der Waals surface area contributed by atoms with Crippen LogP contribution in [-0.2, 0) is 0 Å². The van der Waals surface area contributed by atoms with Gasteiger partial charge in [-0.05, 0) is 17.2 Å². The first-order valence-corrected chi connectivity index (χ1v) is 9.46. The van der Waals surface area contributed by atoms with Crippen molar-refractivity contribution in [2.24, 2.45) is 0 Å². The zero-order valence-corrected chi connectivity index (χ0v) is 15.8. The van der Waals surface area contributed by atoms with E-state index in [4.69, 9.17) is 0 Å². The molecule has 2 heterocycles. The summed E-state index contributed by atoms with van der Waals surface area (Å²) in [5.74, 6) is -0.335. The first kappa shape index (κ1) is 18.6. The number of amides is 2. The zero-order chi connectivity index (χ0) is 20.1. The number of carbonyl (C=O) groups is 2. The molecule has 0 saturated carbocycles. The van der Waals surface area contributed by atoms with Gasteiger partial charge in [-0.3, -0.25) is 19.6 Å². The van der Waals surface area contributed by atoms with Crippen LogP contribution in [0.1, 0.15) is 27.1 Å². The largest absolute Gasteiger partial charge is 0.352 e. The number of carbonyl (C=O) groups excluding carboxylic acids is 2. The molecule has 0 radical (unpaired) electrons. The third-order valence-corrected chi connectivity index (χ3v) is 4.75. The van der Waals surface area contributed by atoms with E-state index in [1.165, 1.54) is 0 Å². The van der Waals surface area contributed by atoms with Gasteiger partial charge in [0.1, 0.15) is 0 Å². The first-order valence-electron chi connectivity index (χ1n) is 9.46. The molecule has 2 aromatic heterocycles. The lowest BCUT2D eigenvalue weighted by molar-refractivity contribution is 0.0953. The molecule has 29 heavy (non-hydrogen) atoms. The minimum atomic E-state index is -0.168. The van der Waals surface area contributed by atoms with Gasteiger partial charge in [0.25, 0.3) is 11.8 Å². The molecule has 4 rings (SSSR count). The number of rotatable bonds is 6. The number of nitrogens with zero attached hydrogens (tertiary/aromatic N) is 2. The number of fused-ring (bicyclic) bond motifs is 2. The van der Waals surface area contributed by atoms with Crippen LogP contribution in [0.3, 0.4) is 0 Å². The van der Waals surface area contributed by atoms with Crippen LogP contribution in [0.25, 0.3) is 21.5 Å². The topological polar surface area (TPSA) is 84.0 Å². The normalized spacial score (nSPS) is 10.8. The van der Waals surface area contributed by atoms with E-state index in [0.717, 1.165) is 21.5 Å². The molecule has 2 amide bonds. The molecule has 0 saturated heterocycles. The Morgan fingerprint density at radius 2 is 1.10 bits per heavy atom. The van der Waals surface area contributed by atoms with Crippen LogP contribution < -0.4 is 10.6 Å². The Bertz CT molecular complexity index is 1090. The van der Waals surface area contributed by atoms with Gasteiger partial charge in [-0.25, -0.2) is 0 Å². The fourth-order valence-corrected chi connectivity index (χ4v) is 3.28. The summed E-state index contributed by atoms with van der Waals surface area (Å²) < 4.78 is 0. The molecule has 0 aliphatic heterocycles. The molecule has 0 bridgehead atoms. The summed E-state index contributed by atoms with van der Waals surface area (Å²) in [5.41, 5.74) is 1.10.